The van der Waals surface area contributed by atoms with Crippen LogP contribution in [0.4, 0.5) is 4.39 Å². The van der Waals surface area contributed by atoms with Crippen molar-refractivity contribution in [1.29, 1.82) is 0 Å². The molecule has 0 saturated heterocycles. The molecule has 0 aliphatic heterocycles. The highest BCUT2D eigenvalue weighted by molar-refractivity contribution is 6.30. The van der Waals surface area contributed by atoms with Gasteiger partial charge in [0.15, 0.2) is 0 Å². The molecule has 0 bridgehead atoms. The van der Waals surface area contributed by atoms with Crippen molar-refractivity contribution in [1.82, 2.24) is 5.32 Å². The first-order chi connectivity index (χ1) is 10.1. The van der Waals surface area contributed by atoms with E-state index in [4.69, 9.17) is 23.2 Å². The minimum absolute atomic E-state index is 0.107. The minimum Gasteiger partial charge on any atom is -0.310 e. The molecule has 0 amide bonds. The molecule has 2 rings (SSSR count). The summed E-state index contributed by atoms with van der Waals surface area (Å²) in [6, 6.07) is 12.2. The maximum absolute atomic E-state index is 14.1. The van der Waals surface area contributed by atoms with Crippen molar-refractivity contribution in [3.8, 4) is 0 Å². The molecule has 112 valence electrons. The lowest BCUT2D eigenvalue weighted by Gasteiger charge is -2.20. The van der Waals surface area contributed by atoms with Crippen molar-refractivity contribution < 1.29 is 4.39 Å². The highest BCUT2D eigenvalue weighted by atomic mass is 35.5. The van der Waals surface area contributed by atoms with Crippen LogP contribution in [0.3, 0.4) is 0 Å². The van der Waals surface area contributed by atoms with E-state index in [2.05, 4.69) is 12.2 Å². The number of nitrogens with one attached hydrogen (secondary N) is 1. The second-order valence-corrected chi connectivity index (χ2v) is 5.88. The van der Waals surface area contributed by atoms with Gasteiger partial charge >= 0.3 is 0 Å². The molecule has 1 N–H and O–H groups in total. The normalized spacial score (nSPS) is 12.4. The van der Waals surface area contributed by atoms with E-state index < -0.39 is 0 Å². The number of halogens is 3. The van der Waals surface area contributed by atoms with Crippen LogP contribution in [0, 0.1) is 5.82 Å². The Morgan fingerprint density at radius 1 is 1.05 bits per heavy atom. The van der Waals surface area contributed by atoms with Gasteiger partial charge in [-0.15, -0.1) is 0 Å². The smallest absolute Gasteiger partial charge is 0.128 e. The van der Waals surface area contributed by atoms with E-state index in [1.54, 1.807) is 12.1 Å². The van der Waals surface area contributed by atoms with Crippen LogP contribution in [0.25, 0.3) is 0 Å². The average molecular weight is 326 g/mol. The summed E-state index contributed by atoms with van der Waals surface area (Å²) >= 11 is 11.9. The van der Waals surface area contributed by atoms with E-state index >= 15 is 0 Å². The first-order valence-corrected chi connectivity index (χ1v) is 7.78. The van der Waals surface area contributed by atoms with Crippen LogP contribution < -0.4 is 5.32 Å². The standard InChI is InChI=1S/C17H18Cl2FN/c1-2-9-21-17(10-12-3-5-13(18)6-4-12)15-11-14(19)7-8-16(15)20/h3-8,11,17,21H,2,9-10H2,1H3. The van der Waals surface area contributed by atoms with Gasteiger partial charge in [-0.25, -0.2) is 4.39 Å². The summed E-state index contributed by atoms with van der Waals surface area (Å²) < 4.78 is 14.1. The van der Waals surface area contributed by atoms with Crippen LogP contribution in [0.5, 0.6) is 0 Å². The molecule has 0 aliphatic carbocycles. The fourth-order valence-corrected chi connectivity index (χ4v) is 2.56. The van der Waals surface area contributed by atoms with Crippen LogP contribution >= 0.6 is 23.2 Å². The van der Waals surface area contributed by atoms with Crippen LogP contribution in [0.2, 0.25) is 10.0 Å². The Hall–Kier alpha value is -1.09. The van der Waals surface area contributed by atoms with Crippen molar-refractivity contribution in [3.63, 3.8) is 0 Å². The lowest BCUT2D eigenvalue weighted by molar-refractivity contribution is 0.497. The second kappa shape index (κ2) is 7.79. The van der Waals surface area contributed by atoms with Gasteiger partial charge in [0.25, 0.3) is 0 Å². The first-order valence-electron chi connectivity index (χ1n) is 7.03. The third-order valence-electron chi connectivity index (χ3n) is 3.33. The number of benzene rings is 2. The Morgan fingerprint density at radius 2 is 1.71 bits per heavy atom. The highest BCUT2D eigenvalue weighted by Gasteiger charge is 2.16. The van der Waals surface area contributed by atoms with Crippen molar-refractivity contribution in [2.24, 2.45) is 0 Å². The quantitative estimate of drug-likeness (QED) is 0.748. The largest absolute Gasteiger partial charge is 0.310 e. The lowest BCUT2D eigenvalue weighted by atomic mass is 9.98. The summed E-state index contributed by atoms with van der Waals surface area (Å²) in [6.07, 6.45) is 1.67. The van der Waals surface area contributed by atoms with E-state index in [-0.39, 0.29) is 11.9 Å². The van der Waals surface area contributed by atoms with E-state index in [0.717, 1.165) is 18.5 Å². The number of hydrogen-bond acceptors (Lipinski definition) is 1. The Kier molecular flexibility index (Phi) is 6.04. The van der Waals surface area contributed by atoms with Gasteiger partial charge in [-0.2, -0.15) is 0 Å². The summed E-state index contributed by atoms with van der Waals surface area (Å²) in [5.74, 6) is -0.234. The Bertz CT molecular complexity index is 584. The number of rotatable bonds is 6. The zero-order valence-electron chi connectivity index (χ0n) is 11.9. The summed E-state index contributed by atoms with van der Waals surface area (Å²) in [4.78, 5) is 0. The van der Waals surface area contributed by atoms with E-state index in [9.17, 15) is 4.39 Å². The third-order valence-corrected chi connectivity index (χ3v) is 3.81. The van der Waals surface area contributed by atoms with Crippen LogP contribution in [0.15, 0.2) is 42.5 Å². The van der Waals surface area contributed by atoms with E-state index in [1.807, 2.05) is 24.3 Å². The van der Waals surface area contributed by atoms with Crippen molar-refractivity contribution >= 4 is 23.2 Å². The highest BCUT2D eigenvalue weighted by Crippen LogP contribution is 2.25. The molecule has 0 spiro atoms. The molecule has 1 atom stereocenters. The Balaban J connectivity index is 2.25. The molecule has 0 aromatic heterocycles. The summed E-state index contributed by atoms with van der Waals surface area (Å²) in [7, 11) is 0. The minimum atomic E-state index is -0.234. The molecule has 2 aromatic carbocycles. The Morgan fingerprint density at radius 3 is 2.38 bits per heavy atom. The summed E-state index contributed by atoms with van der Waals surface area (Å²) in [5, 5.41) is 4.63. The molecule has 0 heterocycles. The van der Waals surface area contributed by atoms with Gasteiger partial charge in [0, 0.05) is 21.7 Å². The molecule has 4 heteroatoms. The fraction of sp³-hybridized carbons (Fsp3) is 0.294. The van der Waals surface area contributed by atoms with E-state index in [1.165, 1.54) is 6.07 Å². The summed E-state index contributed by atoms with van der Waals surface area (Å²) in [5.41, 5.74) is 1.71. The van der Waals surface area contributed by atoms with Crippen molar-refractivity contribution in [2.45, 2.75) is 25.8 Å². The number of hydrogen-bond donors (Lipinski definition) is 1. The van der Waals surface area contributed by atoms with Gasteiger partial charge in [0.05, 0.1) is 0 Å². The van der Waals surface area contributed by atoms with Gasteiger partial charge in [-0.05, 0) is 55.3 Å². The molecule has 1 nitrogen and oxygen atoms in total. The fourth-order valence-electron chi connectivity index (χ4n) is 2.25. The first kappa shape index (κ1) is 16.3. The molecule has 0 saturated carbocycles. The van der Waals surface area contributed by atoms with Crippen molar-refractivity contribution in [3.05, 3.63) is 69.5 Å². The molecule has 0 aliphatic rings. The van der Waals surface area contributed by atoms with Gasteiger partial charge in [0.1, 0.15) is 5.82 Å². The van der Waals surface area contributed by atoms with Crippen LogP contribution in [-0.4, -0.2) is 6.54 Å². The molecular weight excluding hydrogens is 308 g/mol. The topological polar surface area (TPSA) is 12.0 Å². The van der Waals surface area contributed by atoms with Crippen LogP contribution in [0.1, 0.15) is 30.5 Å². The predicted molar refractivity (Wildman–Crippen MR) is 87.6 cm³/mol. The molecule has 21 heavy (non-hydrogen) atoms. The summed E-state index contributed by atoms with van der Waals surface area (Å²) in [6.45, 7) is 2.91. The van der Waals surface area contributed by atoms with E-state index in [0.29, 0.717) is 22.0 Å². The predicted octanol–water partition coefficient (Wildman–Crippen LogP) is 5.42. The van der Waals surface area contributed by atoms with Gasteiger partial charge in [-0.3, -0.25) is 0 Å². The van der Waals surface area contributed by atoms with Crippen molar-refractivity contribution in [2.75, 3.05) is 6.54 Å². The lowest BCUT2D eigenvalue weighted by Crippen LogP contribution is -2.25. The average Bonchev–Trinajstić information content (AvgIpc) is 2.48. The maximum Gasteiger partial charge on any atom is 0.128 e. The zero-order valence-corrected chi connectivity index (χ0v) is 13.4. The third kappa shape index (κ3) is 4.70. The molecule has 1 unspecified atom stereocenters. The van der Waals surface area contributed by atoms with Gasteiger partial charge < -0.3 is 5.32 Å². The second-order valence-electron chi connectivity index (χ2n) is 5.00. The van der Waals surface area contributed by atoms with Gasteiger partial charge in [-0.1, -0.05) is 42.3 Å². The Labute approximate surface area is 135 Å². The van der Waals surface area contributed by atoms with Gasteiger partial charge in [0.2, 0.25) is 0 Å². The molecule has 0 fully saturated rings. The molecular formula is C17H18Cl2FN. The zero-order chi connectivity index (χ0) is 15.2. The monoisotopic (exact) mass is 325 g/mol. The maximum atomic E-state index is 14.1. The van der Waals surface area contributed by atoms with Crippen LogP contribution in [-0.2, 0) is 6.42 Å². The SMILES string of the molecule is CCCNC(Cc1ccc(Cl)cc1)c1cc(Cl)ccc1F. The molecule has 2 aromatic rings. The molecule has 0 radical (unpaired) electrons.